The molecule has 0 radical (unpaired) electrons. The van der Waals surface area contributed by atoms with Crippen LogP contribution >= 0.6 is 11.6 Å². The molecule has 0 aliphatic heterocycles. The molecular weight excluding hydrogens is 238 g/mol. The van der Waals surface area contributed by atoms with Crippen molar-refractivity contribution in [1.29, 1.82) is 0 Å². The second-order valence-electron chi connectivity index (χ2n) is 3.95. The number of sulfonamides is 1. The van der Waals surface area contributed by atoms with Crippen LogP contribution in [-0.4, -0.2) is 40.3 Å². The molecule has 0 saturated carbocycles. The Kier molecular flexibility index (Phi) is 7.52. The van der Waals surface area contributed by atoms with Crippen molar-refractivity contribution in [2.45, 2.75) is 13.8 Å². The summed E-state index contributed by atoms with van der Waals surface area (Å²) in [6.45, 7) is 4.70. The molecule has 2 unspecified atom stereocenters. The van der Waals surface area contributed by atoms with Gasteiger partial charge in [-0.2, -0.15) is 0 Å². The van der Waals surface area contributed by atoms with E-state index in [1.807, 2.05) is 13.8 Å². The maximum atomic E-state index is 11.5. The van der Waals surface area contributed by atoms with Crippen LogP contribution in [0.5, 0.6) is 0 Å². The minimum Gasteiger partial charge on any atom is -0.384 e. The molecule has 0 aliphatic carbocycles. The third kappa shape index (κ3) is 8.02. The second kappa shape index (κ2) is 7.44. The first kappa shape index (κ1) is 15.2. The fraction of sp³-hybridized carbons (Fsp3) is 1.00. The van der Waals surface area contributed by atoms with Crippen molar-refractivity contribution in [3.63, 3.8) is 0 Å². The van der Waals surface area contributed by atoms with Gasteiger partial charge < -0.3 is 4.74 Å². The summed E-state index contributed by atoms with van der Waals surface area (Å²) >= 11 is 5.56. The Morgan fingerprint density at radius 1 is 1.33 bits per heavy atom. The Morgan fingerprint density at radius 3 is 2.40 bits per heavy atom. The van der Waals surface area contributed by atoms with Crippen LogP contribution in [0.15, 0.2) is 0 Å². The van der Waals surface area contributed by atoms with Gasteiger partial charge >= 0.3 is 0 Å². The van der Waals surface area contributed by atoms with Crippen LogP contribution < -0.4 is 4.72 Å². The van der Waals surface area contributed by atoms with Gasteiger partial charge in [-0.25, -0.2) is 13.1 Å². The average molecular weight is 258 g/mol. The monoisotopic (exact) mass is 257 g/mol. The van der Waals surface area contributed by atoms with Gasteiger partial charge in [-0.15, -0.1) is 11.6 Å². The number of rotatable bonds is 8. The standard InChI is InChI=1S/C9H20ClNO3S/c1-8(4-10)7-15(12,13)11-5-9(2)6-14-3/h8-9,11H,4-7H2,1-3H3. The Labute approximate surface area is 97.4 Å². The summed E-state index contributed by atoms with van der Waals surface area (Å²) in [5, 5.41) is 0. The molecule has 1 N–H and O–H groups in total. The van der Waals surface area contributed by atoms with Crippen LogP contribution in [0.2, 0.25) is 0 Å². The molecule has 0 aromatic heterocycles. The van der Waals surface area contributed by atoms with Crippen molar-refractivity contribution in [2.75, 3.05) is 31.9 Å². The van der Waals surface area contributed by atoms with Crippen molar-refractivity contribution >= 4 is 21.6 Å². The van der Waals surface area contributed by atoms with E-state index < -0.39 is 10.0 Å². The highest BCUT2D eigenvalue weighted by molar-refractivity contribution is 7.89. The molecule has 15 heavy (non-hydrogen) atoms. The lowest BCUT2D eigenvalue weighted by Crippen LogP contribution is -2.33. The van der Waals surface area contributed by atoms with Crippen LogP contribution in [0.25, 0.3) is 0 Å². The van der Waals surface area contributed by atoms with Gasteiger partial charge in [0, 0.05) is 26.1 Å². The number of halogens is 1. The molecule has 6 heteroatoms. The second-order valence-corrected chi connectivity index (χ2v) is 6.11. The van der Waals surface area contributed by atoms with E-state index in [1.165, 1.54) is 0 Å². The van der Waals surface area contributed by atoms with Crippen LogP contribution in [-0.2, 0) is 14.8 Å². The molecule has 0 aromatic rings. The summed E-state index contributed by atoms with van der Waals surface area (Å²) in [5.41, 5.74) is 0. The largest absolute Gasteiger partial charge is 0.384 e. The number of hydrogen-bond donors (Lipinski definition) is 1. The van der Waals surface area contributed by atoms with Crippen LogP contribution in [0.4, 0.5) is 0 Å². The number of hydrogen-bond acceptors (Lipinski definition) is 3. The quantitative estimate of drug-likeness (QED) is 0.662. The third-order valence-electron chi connectivity index (χ3n) is 1.87. The molecule has 0 saturated heterocycles. The zero-order valence-corrected chi connectivity index (χ0v) is 11.1. The lowest BCUT2D eigenvalue weighted by Gasteiger charge is -2.13. The third-order valence-corrected chi connectivity index (χ3v) is 4.01. The highest BCUT2D eigenvalue weighted by Crippen LogP contribution is 2.02. The first-order valence-corrected chi connectivity index (χ1v) is 7.12. The van der Waals surface area contributed by atoms with Crippen molar-refractivity contribution in [2.24, 2.45) is 11.8 Å². The average Bonchev–Trinajstić information content (AvgIpc) is 2.15. The van der Waals surface area contributed by atoms with E-state index in [2.05, 4.69) is 4.72 Å². The van der Waals surface area contributed by atoms with Crippen molar-refractivity contribution in [1.82, 2.24) is 4.72 Å². The predicted octanol–water partition coefficient (Wildman–Crippen LogP) is 1.06. The van der Waals surface area contributed by atoms with E-state index >= 15 is 0 Å². The Balaban J connectivity index is 3.94. The number of ether oxygens (including phenoxy) is 1. The van der Waals surface area contributed by atoms with Gasteiger partial charge in [0.2, 0.25) is 10.0 Å². The minimum atomic E-state index is -3.20. The first-order valence-electron chi connectivity index (χ1n) is 4.93. The highest BCUT2D eigenvalue weighted by Gasteiger charge is 2.15. The van der Waals surface area contributed by atoms with Gasteiger partial charge in [-0.1, -0.05) is 13.8 Å². The minimum absolute atomic E-state index is 0.0260. The Bertz CT molecular complexity index is 256. The zero-order valence-electron chi connectivity index (χ0n) is 9.49. The maximum absolute atomic E-state index is 11.5. The summed E-state index contributed by atoms with van der Waals surface area (Å²) in [5.74, 6) is 0.586. The number of alkyl halides is 1. The molecule has 4 nitrogen and oxygen atoms in total. The lowest BCUT2D eigenvalue weighted by atomic mass is 10.2. The predicted molar refractivity (Wildman–Crippen MR) is 62.7 cm³/mol. The molecule has 0 spiro atoms. The van der Waals surface area contributed by atoms with Crippen LogP contribution in [0.1, 0.15) is 13.8 Å². The van der Waals surface area contributed by atoms with Crippen molar-refractivity contribution < 1.29 is 13.2 Å². The molecule has 0 amide bonds. The smallest absolute Gasteiger partial charge is 0.211 e. The van der Waals surface area contributed by atoms with Gasteiger partial charge in [-0.05, 0) is 11.8 Å². The fourth-order valence-corrected chi connectivity index (χ4v) is 2.85. The molecule has 0 aliphatic rings. The lowest BCUT2D eigenvalue weighted by molar-refractivity contribution is 0.161. The summed E-state index contributed by atoms with van der Waals surface area (Å²) in [6.07, 6.45) is 0. The molecule has 0 aromatic carbocycles. The van der Waals surface area contributed by atoms with E-state index in [0.717, 1.165) is 0 Å². The SMILES string of the molecule is COCC(C)CNS(=O)(=O)CC(C)CCl. The molecule has 0 heterocycles. The molecule has 92 valence electrons. The molecule has 0 rings (SSSR count). The topological polar surface area (TPSA) is 55.4 Å². The normalized spacial score (nSPS) is 16.3. The van der Waals surface area contributed by atoms with Crippen molar-refractivity contribution in [3.05, 3.63) is 0 Å². The van der Waals surface area contributed by atoms with Crippen LogP contribution in [0.3, 0.4) is 0 Å². The van der Waals surface area contributed by atoms with E-state index in [0.29, 0.717) is 19.0 Å². The van der Waals surface area contributed by atoms with Gasteiger partial charge in [0.05, 0.1) is 5.75 Å². The number of nitrogens with one attached hydrogen (secondary N) is 1. The summed E-state index contributed by atoms with van der Waals surface area (Å²) in [4.78, 5) is 0. The van der Waals surface area contributed by atoms with Gasteiger partial charge in [0.1, 0.15) is 0 Å². The van der Waals surface area contributed by atoms with Crippen molar-refractivity contribution in [3.8, 4) is 0 Å². The Hall–Kier alpha value is 0.160. The number of methoxy groups -OCH3 is 1. The summed E-state index contributed by atoms with van der Waals surface area (Å²) < 4.78 is 30.5. The molecular formula is C9H20ClNO3S. The van der Waals surface area contributed by atoms with E-state index in [4.69, 9.17) is 16.3 Å². The molecule has 0 bridgehead atoms. The van der Waals surface area contributed by atoms with Crippen LogP contribution in [0, 0.1) is 11.8 Å². The fourth-order valence-electron chi connectivity index (χ4n) is 1.09. The van der Waals surface area contributed by atoms with E-state index in [1.54, 1.807) is 7.11 Å². The maximum Gasteiger partial charge on any atom is 0.211 e. The van der Waals surface area contributed by atoms with E-state index in [9.17, 15) is 8.42 Å². The first-order chi connectivity index (χ1) is 6.91. The zero-order chi connectivity index (χ0) is 11.9. The van der Waals surface area contributed by atoms with Gasteiger partial charge in [0.25, 0.3) is 0 Å². The molecule has 0 fully saturated rings. The molecule has 2 atom stereocenters. The highest BCUT2D eigenvalue weighted by atomic mass is 35.5. The summed E-state index contributed by atoms with van der Waals surface area (Å²) in [6, 6.07) is 0. The summed E-state index contributed by atoms with van der Waals surface area (Å²) in [7, 11) is -1.60. The van der Waals surface area contributed by atoms with E-state index in [-0.39, 0.29) is 17.6 Å². The van der Waals surface area contributed by atoms with Gasteiger partial charge in [0.15, 0.2) is 0 Å². The van der Waals surface area contributed by atoms with Gasteiger partial charge in [-0.3, -0.25) is 0 Å². The Morgan fingerprint density at radius 2 is 1.93 bits per heavy atom.